The van der Waals surface area contributed by atoms with Crippen LogP contribution in [-0.2, 0) is 22.6 Å². The highest BCUT2D eigenvalue weighted by atomic mass is 32.2. The Labute approximate surface area is 93.4 Å². The van der Waals surface area contributed by atoms with E-state index in [1.807, 2.05) is 0 Å². The van der Waals surface area contributed by atoms with E-state index in [0.717, 1.165) is 5.39 Å². The van der Waals surface area contributed by atoms with Crippen molar-refractivity contribution in [1.82, 2.24) is 4.57 Å². The van der Waals surface area contributed by atoms with Crippen molar-refractivity contribution in [2.75, 3.05) is 6.26 Å². The Balaban J connectivity index is 2.61. The van der Waals surface area contributed by atoms with Gasteiger partial charge < -0.3 is 4.57 Å². The highest BCUT2D eigenvalue weighted by molar-refractivity contribution is 7.89. The van der Waals surface area contributed by atoms with E-state index in [4.69, 9.17) is 0 Å². The van der Waals surface area contributed by atoms with E-state index in [2.05, 4.69) is 0 Å². The molecule has 0 fully saturated rings. The fourth-order valence-electron chi connectivity index (χ4n) is 1.77. The van der Waals surface area contributed by atoms with Crippen LogP contribution in [0.1, 0.15) is 5.69 Å². The summed E-state index contributed by atoms with van der Waals surface area (Å²) in [5, 5.41) is 0.850. The molecule has 0 amide bonds. The summed E-state index contributed by atoms with van der Waals surface area (Å²) in [4.78, 5) is 0. The number of aromatic nitrogens is 1. The van der Waals surface area contributed by atoms with Crippen molar-refractivity contribution < 1.29 is 12.8 Å². The standard InChI is InChI=1S/C11H12FNO2S/c1-13-10(7-16(2,14)15)5-8-3-4-9(12)6-11(8)13/h3-6H,7H2,1-2H3. The minimum absolute atomic E-state index is 0.0280. The van der Waals surface area contributed by atoms with Crippen molar-refractivity contribution in [3.8, 4) is 0 Å². The Morgan fingerprint density at radius 1 is 1.31 bits per heavy atom. The van der Waals surface area contributed by atoms with Gasteiger partial charge in [0.1, 0.15) is 5.82 Å². The molecule has 86 valence electrons. The Hall–Kier alpha value is -1.36. The van der Waals surface area contributed by atoms with Crippen LogP contribution >= 0.6 is 0 Å². The van der Waals surface area contributed by atoms with Gasteiger partial charge in [0.25, 0.3) is 0 Å². The van der Waals surface area contributed by atoms with Crippen LogP contribution < -0.4 is 0 Å². The molecule has 0 aliphatic rings. The molecule has 16 heavy (non-hydrogen) atoms. The van der Waals surface area contributed by atoms with Crippen molar-refractivity contribution in [3.05, 3.63) is 35.8 Å². The Bertz CT molecular complexity index is 643. The van der Waals surface area contributed by atoms with E-state index in [9.17, 15) is 12.8 Å². The van der Waals surface area contributed by atoms with Gasteiger partial charge in [0, 0.05) is 24.4 Å². The molecule has 2 aromatic rings. The van der Waals surface area contributed by atoms with Crippen LogP contribution in [0.5, 0.6) is 0 Å². The Kier molecular flexibility index (Phi) is 2.50. The number of nitrogens with zero attached hydrogens (tertiary/aromatic N) is 1. The highest BCUT2D eigenvalue weighted by Gasteiger charge is 2.11. The van der Waals surface area contributed by atoms with Crippen LogP contribution in [0.3, 0.4) is 0 Å². The summed E-state index contributed by atoms with van der Waals surface area (Å²) in [5.74, 6) is -0.348. The number of benzene rings is 1. The molecule has 1 aromatic heterocycles. The molecule has 0 N–H and O–H groups in total. The summed E-state index contributed by atoms with van der Waals surface area (Å²) in [5.41, 5.74) is 1.38. The number of hydrogen-bond donors (Lipinski definition) is 0. The van der Waals surface area contributed by atoms with Gasteiger partial charge in [0.2, 0.25) is 0 Å². The first-order valence-electron chi connectivity index (χ1n) is 4.78. The van der Waals surface area contributed by atoms with Gasteiger partial charge in [-0.15, -0.1) is 0 Å². The maximum Gasteiger partial charge on any atom is 0.153 e. The lowest BCUT2D eigenvalue weighted by molar-refractivity contribution is 0.599. The molecule has 0 unspecified atom stereocenters. The van der Waals surface area contributed by atoms with Gasteiger partial charge in [-0.1, -0.05) is 0 Å². The number of aryl methyl sites for hydroxylation is 1. The summed E-state index contributed by atoms with van der Waals surface area (Å²) in [6, 6.07) is 6.19. The minimum Gasteiger partial charge on any atom is -0.347 e. The average Bonchev–Trinajstić information content (AvgIpc) is 2.42. The maximum absolute atomic E-state index is 13.0. The number of hydrogen-bond acceptors (Lipinski definition) is 2. The van der Waals surface area contributed by atoms with Crippen molar-refractivity contribution in [2.24, 2.45) is 7.05 Å². The Morgan fingerprint density at radius 2 is 2.00 bits per heavy atom. The predicted octanol–water partition coefficient (Wildman–Crippen LogP) is 1.86. The zero-order valence-corrected chi connectivity index (χ0v) is 9.88. The van der Waals surface area contributed by atoms with E-state index >= 15 is 0 Å². The van der Waals surface area contributed by atoms with Gasteiger partial charge in [-0.2, -0.15) is 0 Å². The molecule has 0 aliphatic carbocycles. The van der Waals surface area contributed by atoms with Gasteiger partial charge in [0.15, 0.2) is 9.84 Å². The molecule has 2 rings (SSSR count). The van der Waals surface area contributed by atoms with E-state index in [-0.39, 0.29) is 11.6 Å². The second kappa shape index (κ2) is 3.59. The predicted molar refractivity (Wildman–Crippen MR) is 61.4 cm³/mol. The van der Waals surface area contributed by atoms with Crippen LogP contribution in [0.15, 0.2) is 24.3 Å². The van der Waals surface area contributed by atoms with Gasteiger partial charge in [-0.3, -0.25) is 0 Å². The normalized spacial score (nSPS) is 12.2. The molecule has 0 saturated heterocycles. The maximum atomic E-state index is 13.0. The molecular weight excluding hydrogens is 229 g/mol. The zero-order valence-electron chi connectivity index (χ0n) is 9.07. The SMILES string of the molecule is Cn1c(CS(C)(=O)=O)cc2ccc(F)cc21. The number of fused-ring (bicyclic) bond motifs is 1. The molecule has 0 bridgehead atoms. The van der Waals surface area contributed by atoms with Crippen molar-refractivity contribution >= 4 is 20.7 Å². The summed E-state index contributed by atoms with van der Waals surface area (Å²) < 4.78 is 37.2. The fraction of sp³-hybridized carbons (Fsp3) is 0.273. The number of rotatable bonds is 2. The van der Waals surface area contributed by atoms with Crippen molar-refractivity contribution in [1.29, 1.82) is 0 Å². The third kappa shape index (κ3) is 2.09. The summed E-state index contributed by atoms with van der Waals surface area (Å²) in [6.45, 7) is 0. The van der Waals surface area contributed by atoms with Crippen LogP contribution in [0.2, 0.25) is 0 Å². The van der Waals surface area contributed by atoms with E-state index in [1.165, 1.54) is 18.4 Å². The van der Waals surface area contributed by atoms with E-state index in [1.54, 1.807) is 23.7 Å². The highest BCUT2D eigenvalue weighted by Crippen LogP contribution is 2.20. The zero-order chi connectivity index (χ0) is 11.9. The molecule has 0 radical (unpaired) electrons. The van der Waals surface area contributed by atoms with Crippen LogP contribution in [0.25, 0.3) is 10.9 Å². The molecule has 0 atom stereocenters. The fourth-order valence-corrected chi connectivity index (χ4v) is 2.58. The monoisotopic (exact) mass is 241 g/mol. The van der Waals surface area contributed by atoms with Crippen molar-refractivity contribution in [2.45, 2.75) is 5.75 Å². The van der Waals surface area contributed by atoms with Crippen LogP contribution in [0.4, 0.5) is 4.39 Å². The smallest absolute Gasteiger partial charge is 0.153 e. The molecule has 0 aliphatic heterocycles. The molecular formula is C11H12FNO2S. The van der Waals surface area contributed by atoms with E-state index in [0.29, 0.717) is 11.2 Å². The van der Waals surface area contributed by atoms with Gasteiger partial charge in [-0.05, 0) is 24.3 Å². The Morgan fingerprint density at radius 3 is 2.62 bits per heavy atom. The molecule has 3 nitrogen and oxygen atoms in total. The van der Waals surface area contributed by atoms with Crippen LogP contribution in [-0.4, -0.2) is 19.2 Å². The number of halogens is 1. The quantitative estimate of drug-likeness (QED) is 0.805. The second-order valence-electron chi connectivity index (χ2n) is 3.97. The lowest BCUT2D eigenvalue weighted by atomic mass is 10.2. The molecule has 1 heterocycles. The first-order valence-corrected chi connectivity index (χ1v) is 6.84. The summed E-state index contributed by atoms with van der Waals surface area (Å²) in [6.07, 6.45) is 1.19. The minimum atomic E-state index is -3.07. The topological polar surface area (TPSA) is 39.1 Å². The largest absolute Gasteiger partial charge is 0.347 e. The molecule has 0 spiro atoms. The van der Waals surface area contributed by atoms with Gasteiger partial charge >= 0.3 is 0 Å². The van der Waals surface area contributed by atoms with Gasteiger partial charge in [0.05, 0.1) is 11.3 Å². The second-order valence-corrected chi connectivity index (χ2v) is 6.11. The first kappa shape index (κ1) is 11.1. The first-order chi connectivity index (χ1) is 7.37. The van der Waals surface area contributed by atoms with E-state index < -0.39 is 9.84 Å². The third-order valence-corrected chi connectivity index (χ3v) is 3.34. The lowest BCUT2D eigenvalue weighted by Gasteiger charge is -2.02. The third-order valence-electron chi connectivity index (χ3n) is 2.52. The average molecular weight is 241 g/mol. The van der Waals surface area contributed by atoms with Crippen molar-refractivity contribution in [3.63, 3.8) is 0 Å². The summed E-state index contributed by atoms with van der Waals surface area (Å²) >= 11 is 0. The molecule has 5 heteroatoms. The van der Waals surface area contributed by atoms with Crippen LogP contribution in [0, 0.1) is 5.82 Å². The summed E-state index contributed by atoms with van der Waals surface area (Å²) in [7, 11) is -1.33. The molecule has 1 aromatic carbocycles. The van der Waals surface area contributed by atoms with Gasteiger partial charge in [-0.25, -0.2) is 12.8 Å². The lowest BCUT2D eigenvalue weighted by Crippen LogP contribution is -2.05. The number of sulfone groups is 1. The molecule has 0 saturated carbocycles.